The maximum atomic E-state index is 12.4. The molecular formula is C22H16BrN5O2S2. The van der Waals surface area contributed by atoms with E-state index in [2.05, 4.69) is 36.4 Å². The van der Waals surface area contributed by atoms with Gasteiger partial charge in [0.05, 0.1) is 11.4 Å². The van der Waals surface area contributed by atoms with E-state index >= 15 is 0 Å². The molecule has 0 unspecified atom stereocenters. The van der Waals surface area contributed by atoms with E-state index in [1.807, 2.05) is 71.6 Å². The molecule has 32 heavy (non-hydrogen) atoms. The standard InChI is InChI=1S/C22H16BrN5O2S2/c1-28-20(18-10-14-9-15(23)7-8-17(14)30-18)26-27-22(28)32-12-19(29)25-21-24-16(11-31-21)13-5-3-2-4-6-13/h2-11H,12H2,1H3,(H,24,25,29). The summed E-state index contributed by atoms with van der Waals surface area (Å²) in [4.78, 5) is 16.9. The van der Waals surface area contributed by atoms with Crippen LogP contribution in [0.15, 0.2) is 74.0 Å². The number of nitrogens with zero attached hydrogens (tertiary/aromatic N) is 4. The molecule has 10 heteroatoms. The Bertz CT molecular complexity index is 1410. The summed E-state index contributed by atoms with van der Waals surface area (Å²) in [6.45, 7) is 0. The summed E-state index contributed by atoms with van der Waals surface area (Å²) < 4.78 is 8.71. The Kier molecular flexibility index (Phi) is 5.81. The largest absolute Gasteiger partial charge is 0.453 e. The second-order valence-electron chi connectivity index (χ2n) is 6.90. The third-order valence-electron chi connectivity index (χ3n) is 4.69. The minimum atomic E-state index is -0.151. The van der Waals surface area contributed by atoms with Crippen molar-refractivity contribution in [2.24, 2.45) is 7.05 Å². The van der Waals surface area contributed by atoms with Gasteiger partial charge in [-0.2, -0.15) is 0 Å². The van der Waals surface area contributed by atoms with Gasteiger partial charge in [-0.05, 0) is 24.3 Å². The molecule has 0 fully saturated rings. The highest BCUT2D eigenvalue weighted by Crippen LogP contribution is 2.30. The van der Waals surface area contributed by atoms with Crippen molar-refractivity contribution in [3.8, 4) is 22.8 Å². The van der Waals surface area contributed by atoms with Crippen LogP contribution in [-0.2, 0) is 11.8 Å². The lowest BCUT2D eigenvalue weighted by atomic mass is 10.2. The summed E-state index contributed by atoms with van der Waals surface area (Å²) in [5, 5.41) is 15.4. The van der Waals surface area contributed by atoms with Crippen LogP contribution in [-0.4, -0.2) is 31.4 Å². The van der Waals surface area contributed by atoms with Crippen LogP contribution in [0.25, 0.3) is 33.8 Å². The molecule has 7 nitrogen and oxygen atoms in total. The summed E-state index contributed by atoms with van der Waals surface area (Å²) in [5.74, 6) is 1.27. The van der Waals surface area contributed by atoms with Crippen LogP contribution in [0, 0.1) is 0 Å². The zero-order valence-electron chi connectivity index (χ0n) is 16.8. The van der Waals surface area contributed by atoms with Gasteiger partial charge in [-0.15, -0.1) is 21.5 Å². The number of halogens is 1. The van der Waals surface area contributed by atoms with Gasteiger partial charge in [0, 0.05) is 27.9 Å². The van der Waals surface area contributed by atoms with Gasteiger partial charge in [0.1, 0.15) is 5.58 Å². The van der Waals surface area contributed by atoms with Gasteiger partial charge in [-0.25, -0.2) is 4.98 Å². The van der Waals surface area contributed by atoms with Gasteiger partial charge in [-0.3, -0.25) is 4.79 Å². The zero-order valence-corrected chi connectivity index (χ0v) is 20.0. The molecular weight excluding hydrogens is 510 g/mol. The first-order valence-corrected chi connectivity index (χ1v) is 12.2. The molecule has 0 saturated heterocycles. The van der Waals surface area contributed by atoms with Crippen molar-refractivity contribution in [2.75, 3.05) is 11.1 Å². The van der Waals surface area contributed by atoms with Gasteiger partial charge in [0.2, 0.25) is 5.91 Å². The minimum Gasteiger partial charge on any atom is -0.453 e. The van der Waals surface area contributed by atoms with Crippen LogP contribution in [0.2, 0.25) is 0 Å². The van der Waals surface area contributed by atoms with Crippen LogP contribution < -0.4 is 5.32 Å². The molecule has 3 heterocycles. The first kappa shape index (κ1) is 20.9. The fourth-order valence-electron chi connectivity index (χ4n) is 3.14. The minimum absolute atomic E-state index is 0.151. The van der Waals surface area contributed by atoms with E-state index in [0.717, 1.165) is 26.7 Å². The third kappa shape index (κ3) is 4.34. The molecule has 2 aromatic carbocycles. The van der Waals surface area contributed by atoms with Gasteiger partial charge in [0.15, 0.2) is 21.9 Å². The number of carbonyl (C=O) groups is 1. The number of fused-ring (bicyclic) bond motifs is 1. The lowest BCUT2D eigenvalue weighted by Crippen LogP contribution is -2.14. The van der Waals surface area contributed by atoms with Crippen LogP contribution >= 0.6 is 39.0 Å². The predicted octanol–water partition coefficient (Wildman–Crippen LogP) is 5.85. The van der Waals surface area contributed by atoms with Crippen molar-refractivity contribution in [1.82, 2.24) is 19.7 Å². The molecule has 3 aromatic heterocycles. The van der Waals surface area contributed by atoms with Crippen molar-refractivity contribution >= 4 is 61.0 Å². The lowest BCUT2D eigenvalue weighted by molar-refractivity contribution is -0.113. The average molecular weight is 526 g/mol. The third-order valence-corrected chi connectivity index (χ3v) is 6.96. The number of benzene rings is 2. The maximum absolute atomic E-state index is 12.4. The molecule has 0 saturated carbocycles. The highest BCUT2D eigenvalue weighted by Gasteiger charge is 2.17. The summed E-state index contributed by atoms with van der Waals surface area (Å²) >= 11 is 6.18. The highest BCUT2D eigenvalue weighted by atomic mass is 79.9. The Labute approximate surface area is 200 Å². The quantitative estimate of drug-likeness (QED) is 0.280. The van der Waals surface area contributed by atoms with Crippen molar-refractivity contribution in [3.05, 3.63) is 64.5 Å². The van der Waals surface area contributed by atoms with Crippen molar-refractivity contribution < 1.29 is 9.21 Å². The number of hydrogen-bond donors (Lipinski definition) is 1. The number of anilines is 1. The molecule has 5 aromatic rings. The fraction of sp³-hybridized carbons (Fsp3) is 0.0909. The summed E-state index contributed by atoms with van der Waals surface area (Å²) in [5.41, 5.74) is 2.63. The molecule has 0 atom stereocenters. The molecule has 1 N–H and O–H groups in total. The zero-order chi connectivity index (χ0) is 22.1. The molecule has 1 amide bonds. The first-order chi connectivity index (χ1) is 15.6. The normalized spacial score (nSPS) is 11.2. The molecule has 160 valence electrons. The first-order valence-electron chi connectivity index (χ1n) is 9.59. The van der Waals surface area contributed by atoms with Crippen LogP contribution in [0.1, 0.15) is 0 Å². The van der Waals surface area contributed by atoms with Crippen LogP contribution in [0.4, 0.5) is 5.13 Å². The van der Waals surface area contributed by atoms with E-state index in [1.54, 1.807) is 0 Å². The Morgan fingerprint density at radius 3 is 2.88 bits per heavy atom. The molecule has 5 rings (SSSR count). The molecule has 0 aliphatic carbocycles. The Balaban J connectivity index is 1.24. The molecule has 0 bridgehead atoms. The summed E-state index contributed by atoms with van der Waals surface area (Å²) in [7, 11) is 1.85. The monoisotopic (exact) mass is 525 g/mol. The molecule has 0 aliphatic rings. The number of amides is 1. The number of hydrogen-bond acceptors (Lipinski definition) is 7. The molecule has 0 aliphatic heterocycles. The average Bonchev–Trinajstić information content (AvgIpc) is 3.51. The highest BCUT2D eigenvalue weighted by molar-refractivity contribution is 9.10. The number of aromatic nitrogens is 4. The van der Waals surface area contributed by atoms with E-state index in [-0.39, 0.29) is 11.7 Å². The van der Waals surface area contributed by atoms with Crippen molar-refractivity contribution in [2.45, 2.75) is 5.16 Å². The Morgan fingerprint density at radius 2 is 2.03 bits per heavy atom. The SMILES string of the molecule is Cn1c(SCC(=O)Nc2nc(-c3ccccc3)cs2)nnc1-c1cc2cc(Br)ccc2o1. The van der Waals surface area contributed by atoms with E-state index in [9.17, 15) is 4.79 Å². The topological polar surface area (TPSA) is 85.8 Å². The van der Waals surface area contributed by atoms with E-state index in [0.29, 0.717) is 21.9 Å². The number of rotatable bonds is 6. The van der Waals surface area contributed by atoms with Crippen LogP contribution in [0.3, 0.4) is 0 Å². The lowest BCUT2D eigenvalue weighted by Gasteiger charge is -2.03. The number of carbonyl (C=O) groups excluding carboxylic acids is 1. The number of thiazole rings is 1. The second-order valence-corrected chi connectivity index (χ2v) is 9.62. The van der Waals surface area contributed by atoms with Gasteiger partial charge < -0.3 is 14.3 Å². The van der Waals surface area contributed by atoms with Crippen LogP contribution in [0.5, 0.6) is 0 Å². The number of furan rings is 1. The summed E-state index contributed by atoms with van der Waals surface area (Å²) in [6.07, 6.45) is 0. The van der Waals surface area contributed by atoms with Gasteiger partial charge in [-0.1, -0.05) is 58.0 Å². The smallest absolute Gasteiger partial charge is 0.236 e. The predicted molar refractivity (Wildman–Crippen MR) is 131 cm³/mol. The van der Waals surface area contributed by atoms with Crippen molar-refractivity contribution in [1.29, 1.82) is 0 Å². The number of thioether (sulfide) groups is 1. The van der Waals surface area contributed by atoms with Gasteiger partial charge >= 0.3 is 0 Å². The van der Waals surface area contributed by atoms with Gasteiger partial charge in [0.25, 0.3) is 0 Å². The second kappa shape index (κ2) is 8.89. The van der Waals surface area contributed by atoms with E-state index in [4.69, 9.17) is 4.42 Å². The number of nitrogens with one attached hydrogen (secondary N) is 1. The maximum Gasteiger partial charge on any atom is 0.236 e. The van der Waals surface area contributed by atoms with Crippen molar-refractivity contribution in [3.63, 3.8) is 0 Å². The fourth-order valence-corrected chi connectivity index (χ4v) is 4.96. The summed E-state index contributed by atoms with van der Waals surface area (Å²) in [6, 6.07) is 17.6. The van der Waals surface area contributed by atoms with E-state index in [1.165, 1.54) is 23.1 Å². The Hall–Kier alpha value is -2.95. The molecule has 0 spiro atoms. The Morgan fingerprint density at radius 1 is 1.19 bits per heavy atom. The van der Waals surface area contributed by atoms with E-state index < -0.39 is 0 Å². The molecule has 0 radical (unpaired) electrons.